The quantitative estimate of drug-likeness (QED) is 0.695. The van der Waals surface area contributed by atoms with Gasteiger partial charge in [-0.25, -0.2) is 0 Å². The standard InChI is InChI=1S/C15H26N2/c1-4-16-12-8-9-13-17(5-2)15-11-7-6-10-14(15)3/h6-7,10-11,16H,4-5,8-9,12-13H2,1-3H3. The van der Waals surface area contributed by atoms with Crippen LogP contribution in [0.15, 0.2) is 24.3 Å². The Morgan fingerprint density at radius 3 is 2.53 bits per heavy atom. The Balaban J connectivity index is 2.41. The van der Waals surface area contributed by atoms with Crippen molar-refractivity contribution in [1.82, 2.24) is 5.32 Å². The molecule has 1 N–H and O–H groups in total. The Kier molecular flexibility index (Phi) is 6.71. The van der Waals surface area contributed by atoms with Gasteiger partial charge in [0.15, 0.2) is 0 Å². The highest BCUT2D eigenvalue weighted by Gasteiger charge is 2.05. The molecule has 0 heterocycles. The van der Waals surface area contributed by atoms with E-state index in [9.17, 15) is 0 Å². The maximum Gasteiger partial charge on any atom is 0.0395 e. The summed E-state index contributed by atoms with van der Waals surface area (Å²) in [6, 6.07) is 8.65. The van der Waals surface area contributed by atoms with Gasteiger partial charge in [-0.05, 0) is 51.4 Å². The van der Waals surface area contributed by atoms with Gasteiger partial charge >= 0.3 is 0 Å². The second kappa shape index (κ2) is 8.13. The zero-order chi connectivity index (χ0) is 12.5. The zero-order valence-electron chi connectivity index (χ0n) is 11.5. The number of hydrogen-bond acceptors (Lipinski definition) is 2. The number of para-hydroxylation sites is 1. The third-order valence-corrected chi connectivity index (χ3v) is 3.12. The molecule has 0 aliphatic heterocycles. The Morgan fingerprint density at radius 2 is 1.88 bits per heavy atom. The average Bonchev–Trinajstić information content (AvgIpc) is 2.35. The predicted molar refractivity (Wildman–Crippen MR) is 76.8 cm³/mol. The van der Waals surface area contributed by atoms with Gasteiger partial charge in [-0.3, -0.25) is 0 Å². The van der Waals surface area contributed by atoms with Gasteiger partial charge in [-0.15, -0.1) is 0 Å². The summed E-state index contributed by atoms with van der Waals surface area (Å²) in [6.45, 7) is 11.1. The molecule has 0 fully saturated rings. The summed E-state index contributed by atoms with van der Waals surface area (Å²) >= 11 is 0. The summed E-state index contributed by atoms with van der Waals surface area (Å²) in [5, 5.41) is 3.37. The number of hydrogen-bond donors (Lipinski definition) is 1. The molecule has 0 unspecified atom stereocenters. The third kappa shape index (κ3) is 4.78. The minimum Gasteiger partial charge on any atom is -0.372 e. The molecule has 2 nitrogen and oxygen atoms in total. The molecule has 1 aromatic rings. The molecule has 0 saturated heterocycles. The highest BCUT2D eigenvalue weighted by atomic mass is 15.1. The fourth-order valence-electron chi connectivity index (χ4n) is 2.10. The Morgan fingerprint density at radius 1 is 1.12 bits per heavy atom. The van der Waals surface area contributed by atoms with Crippen LogP contribution in [-0.2, 0) is 0 Å². The van der Waals surface area contributed by atoms with E-state index in [1.165, 1.54) is 24.1 Å². The fraction of sp³-hybridized carbons (Fsp3) is 0.600. The van der Waals surface area contributed by atoms with Gasteiger partial charge < -0.3 is 10.2 Å². The third-order valence-electron chi connectivity index (χ3n) is 3.12. The molecule has 1 aromatic carbocycles. The molecule has 0 saturated carbocycles. The number of rotatable bonds is 8. The molecule has 0 spiro atoms. The number of benzene rings is 1. The van der Waals surface area contributed by atoms with Gasteiger partial charge in [-0.1, -0.05) is 25.1 Å². The van der Waals surface area contributed by atoms with Crippen LogP contribution in [0.4, 0.5) is 5.69 Å². The monoisotopic (exact) mass is 234 g/mol. The molecular formula is C15H26N2. The lowest BCUT2D eigenvalue weighted by molar-refractivity contribution is 0.630. The molecule has 0 atom stereocenters. The minimum atomic E-state index is 1.08. The summed E-state index contributed by atoms with van der Waals surface area (Å²) in [5.74, 6) is 0. The molecule has 96 valence electrons. The highest BCUT2D eigenvalue weighted by Crippen LogP contribution is 2.19. The molecule has 2 heteroatoms. The van der Waals surface area contributed by atoms with Crippen LogP contribution < -0.4 is 10.2 Å². The summed E-state index contributed by atoms with van der Waals surface area (Å²) in [5.41, 5.74) is 2.76. The first-order valence-corrected chi connectivity index (χ1v) is 6.80. The molecule has 0 aliphatic carbocycles. The van der Waals surface area contributed by atoms with Crippen molar-refractivity contribution in [1.29, 1.82) is 0 Å². The smallest absolute Gasteiger partial charge is 0.0395 e. The van der Waals surface area contributed by atoms with Crippen molar-refractivity contribution < 1.29 is 0 Å². The molecule has 0 aromatic heterocycles. The molecule has 17 heavy (non-hydrogen) atoms. The summed E-state index contributed by atoms with van der Waals surface area (Å²) in [4.78, 5) is 2.47. The Bertz CT molecular complexity index is 310. The van der Waals surface area contributed by atoms with Crippen LogP contribution in [-0.4, -0.2) is 26.2 Å². The first-order valence-electron chi connectivity index (χ1n) is 6.80. The van der Waals surface area contributed by atoms with Gasteiger partial charge in [0.1, 0.15) is 0 Å². The SMILES string of the molecule is CCNCCCCN(CC)c1ccccc1C. The molecule has 0 radical (unpaired) electrons. The molecule has 0 aliphatic rings. The van der Waals surface area contributed by atoms with Gasteiger partial charge in [-0.2, -0.15) is 0 Å². The van der Waals surface area contributed by atoms with Gasteiger partial charge in [0.05, 0.1) is 0 Å². The van der Waals surface area contributed by atoms with Crippen molar-refractivity contribution in [3.63, 3.8) is 0 Å². The van der Waals surface area contributed by atoms with Crippen LogP contribution in [0.5, 0.6) is 0 Å². The normalized spacial score (nSPS) is 10.5. The number of anilines is 1. The van der Waals surface area contributed by atoms with E-state index >= 15 is 0 Å². The lowest BCUT2D eigenvalue weighted by Gasteiger charge is -2.25. The van der Waals surface area contributed by atoms with Crippen molar-refractivity contribution in [3.8, 4) is 0 Å². The highest BCUT2D eigenvalue weighted by molar-refractivity contribution is 5.52. The van der Waals surface area contributed by atoms with E-state index in [-0.39, 0.29) is 0 Å². The van der Waals surface area contributed by atoms with Gasteiger partial charge in [0, 0.05) is 18.8 Å². The topological polar surface area (TPSA) is 15.3 Å². The minimum absolute atomic E-state index is 1.08. The Hall–Kier alpha value is -1.02. The summed E-state index contributed by atoms with van der Waals surface area (Å²) in [6.07, 6.45) is 2.52. The molecule has 0 bridgehead atoms. The number of nitrogens with one attached hydrogen (secondary N) is 1. The van der Waals surface area contributed by atoms with E-state index in [0.29, 0.717) is 0 Å². The molecular weight excluding hydrogens is 208 g/mol. The van der Waals surface area contributed by atoms with E-state index in [0.717, 1.165) is 26.2 Å². The van der Waals surface area contributed by atoms with Crippen LogP contribution in [0.2, 0.25) is 0 Å². The maximum atomic E-state index is 3.37. The number of unbranched alkanes of at least 4 members (excludes halogenated alkanes) is 1. The second-order valence-electron chi connectivity index (χ2n) is 4.43. The van der Waals surface area contributed by atoms with Crippen molar-refractivity contribution in [2.24, 2.45) is 0 Å². The molecule has 0 amide bonds. The number of aryl methyl sites for hydroxylation is 1. The van der Waals surface area contributed by atoms with Crippen molar-refractivity contribution in [3.05, 3.63) is 29.8 Å². The van der Waals surface area contributed by atoms with E-state index < -0.39 is 0 Å². The van der Waals surface area contributed by atoms with Gasteiger partial charge in [0.25, 0.3) is 0 Å². The maximum absolute atomic E-state index is 3.37. The van der Waals surface area contributed by atoms with E-state index in [4.69, 9.17) is 0 Å². The Labute approximate surface area is 106 Å². The predicted octanol–water partition coefficient (Wildman–Crippen LogP) is 3.21. The van der Waals surface area contributed by atoms with E-state index in [1.54, 1.807) is 0 Å². The van der Waals surface area contributed by atoms with Crippen LogP contribution >= 0.6 is 0 Å². The number of nitrogens with zero attached hydrogens (tertiary/aromatic N) is 1. The van der Waals surface area contributed by atoms with Crippen molar-refractivity contribution in [2.45, 2.75) is 33.6 Å². The average molecular weight is 234 g/mol. The lowest BCUT2D eigenvalue weighted by atomic mass is 10.1. The lowest BCUT2D eigenvalue weighted by Crippen LogP contribution is -2.25. The largest absolute Gasteiger partial charge is 0.372 e. The van der Waals surface area contributed by atoms with Crippen molar-refractivity contribution >= 4 is 5.69 Å². The summed E-state index contributed by atoms with van der Waals surface area (Å²) < 4.78 is 0. The molecule has 1 rings (SSSR count). The van der Waals surface area contributed by atoms with Crippen LogP contribution in [0, 0.1) is 6.92 Å². The zero-order valence-corrected chi connectivity index (χ0v) is 11.5. The summed E-state index contributed by atoms with van der Waals surface area (Å²) in [7, 11) is 0. The second-order valence-corrected chi connectivity index (χ2v) is 4.43. The van der Waals surface area contributed by atoms with Crippen LogP contribution in [0.1, 0.15) is 32.3 Å². The van der Waals surface area contributed by atoms with E-state index in [1.807, 2.05) is 0 Å². The van der Waals surface area contributed by atoms with Gasteiger partial charge in [0.2, 0.25) is 0 Å². The van der Waals surface area contributed by atoms with Crippen LogP contribution in [0.25, 0.3) is 0 Å². The fourth-order valence-corrected chi connectivity index (χ4v) is 2.10. The van der Waals surface area contributed by atoms with E-state index in [2.05, 4.69) is 55.3 Å². The first kappa shape index (κ1) is 14.0. The first-order chi connectivity index (χ1) is 8.29. The van der Waals surface area contributed by atoms with Crippen LogP contribution in [0.3, 0.4) is 0 Å². The van der Waals surface area contributed by atoms with Crippen molar-refractivity contribution in [2.75, 3.05) is 31.1 Å².